The summed E-state index contributed by atoms with van der Waals surface area (Å²) in [6.45, 7) is 26.4. The second kappa shape index (κ2) is 11.8. The van der Waals surface area contributed by atoms with Crippen LogP contribution in [0.2, 0.25) is 0 Å². The second-order valence-electron chi connectivity index (χ2n) is 18.5. The first-order chi connectivity index (χ1) is 21.3. The van der Waals surface area contributed by atoms with E-state index in [4.69, 9.17) is 9.47 Å². The third-order valence-electron chi connectivity index (χ3n) is 15.3. The number of carbonyl (C=O) groups excluding carboxylic acids is 2. The highest BCUT2D eigenvalue weighted by molar-refractivity contribution is 5.76. The standard InChI is InChI=1S/C40H62O6/c1-11-22-45-31(41)23-35(4,5)24-32(42)46-30-16-17-37(8)28(36(30,6)7)15-18-39(10)29(37)13-12-27-33-26(25(2)3)14-19-40(33,34(43)44)21-20-38(27,39)9/h11,26-30,33H,1-2,12-24H2,3-10H3,(H,43,44)/t26-,27?,28?,29?,30-,33?,37-,38+,39+,40-/m0/s1. The van der Waals surface area contributed by atoms with Crippen LogP contribution in [0.25, 0.3) is 0 Å². The first kappa shape index (κ1) is 35.2. The van der Waals surface area contributed by atoms with Crippen LogP contribution in [0.3, 0.4) is 0 Å². The van der Waals surface area contributed by atoms with Crippen molar-refractivity contribution < 1.29 is 29.0 Å². The van der Waals surface area contributed by atoms with Crippen molar-refractivity contribution in [2.75, 3.05) is 6.61 Å². The molecule has 1 N–H and O–H groups in total. The van der Waals surface area contributed by atoms with Gasteiger partial charge in [0.25, 0.3) is 0 Å². The Labute approximate surface area is 278 Å². The number of rotatable bonds is 9. The van der Waals surface area contributed by atoms with E-state index in [1.807, 2.05) is 13.8 Å². The Morgan fingerprint density at radius 3 is 2.15 bits per heavy atom. The van der Waals surface area contributed by atoms with Gasteiger partial charge in [0.2, 0.25) is 0 Å². The summed E-state index contributed by atoms with van der Waals surface area (Å²) in [6.07, 6.45) is 11.6. The molecule has 46 heavy (non-hydrogen) atoms. The molecular formula is C40H62O6. The lowest BCUT2D eigenvalue weighted by Crippen LogP contribution is -2.67. The van der Waals surface area contributed by atoms with Crippen LogP contribution in [-0.4, -0.2) is 35.7 Å². The predicted octanol–water partition coefficient (Wildman–Crippen LogP) is 9.18. The molecule has 0 radical (unpaired) electrons. The van der Waals surface area contributed by atoms with Crippen LogP contribution in [0.4, 0.5) is 0 Å². The first-order valence-electron chi connectivity index (χ1n) is 18.1. The summed E-state index contributed by atoms with van der Waals surface area (Å²) >= 11 is 0. The van der Waals surface area contributed by atoms with Gasteiger partial charge in [0.05, 0.1) is 18.3 Å². The number of carbonyl (C=O) groups is 3. The number of aliphatic carboxylic acids is 1. The Kier molecular flexibility index (Phi) is 9.02. The zero-order valence-electron chi connectivity index (χ0n) is 30.1. The van der Waals surface area contributed by atoms with Gasteiger partial charge in [0, 0.05) is 5.41 Å². The van der Waals surface area contributed by atoms with Gasteiger partial charge in [0.15, 0.2) is 0 Å². The molecule has 6 heteroatoms. The Balaban J connectivity index is 1.34. The van der Waals surface area contributed by atoms with Gasteiger partial charge in [0.1, 0.15) is 12.7 Å². The average Bonchev–Trinajstić information content (AvgIpc) is 3.35. The molecule has 0 heterocycles. The SMILES string of the molecule is C=CCOC(=O)CC(C)(C)CC(=O)O[C@H]1CC[C@@]2(C)C(CC[C@]3(C)C2CCC2C4[C@H](C(=C)C)CC[C@]4(C(=O)O)CC[C@]23C)C1(C)C. The zero-order chi connectivity index (χ0) is 34.1. The monoisotopic (exact) mass is 638 g/mol. The lowest BCUT2D eigenvalue weighted by atomic mass is 9.32. The van der Waals surface area contributed by atoms with Gasteiger partial charge in [-0.15, -0.1) is 0 Å². The number of hydrogen-bond acceptors (Lipinski definition) is 5. The summed E-state index contributed by atoms with van der Waals surface area (Å²) in [4.78, 5) is 38.5. The Bertz CT molecular complexity index is 1260. The maximum atomic E-state index is 13.3. The van der Waals surface area contributed by atoms with Crippen molar-refractivity contribution in [3.63, 3.8) is 0 Å². The van der Waals surface area contributed by atoms with Crippen molar-refractivity contribution in [3.05, 3.63) is 24.8 Å². The molecule has 0 aliphatic heterocycles. The summed E-state index contributed by atoms with van der Waals surface area (Å²) < 4.78 is 11.5. The molecule has 5 aliphatic rings. The molecule has 0 aromatic rings. The van der Waals surface area contributed by atoms with E-state index >= 15 is 0 Å². The van der Waals surface area contributed by atoms with Gasteiger partial charge in [-0.3, -0.25) is 14.4 Å². The fourth-order valence-electron chi connectivity index (χ4n) is 12.9. The molecule has 0 bridgehead atoms. The minimum atomic E-state index is -0.595. The lowest BCUT2D eigenvalue weighted by Gasteiger charge is -2.72. The lowest BCUT2D eigenvalue weighted by molar-refractivity contribution is -0.250. The van der Waals surface area contributed by atoms with Gasteiger partial charge in [-0.05, 0) is 122 Å². The fraction of sp³-hybridized carbons (Fsp3) is 0.825. The van der Waals surface area contributed by atoms with Crippen LogP contribution in [0.5, 0.6) is 0 Å². The van der Waals surface area contributed by atoms with Gasteiger partial charge >= 0.3 is 17.9 Å². The van der Waals surface area contributed by atoms with Gasteiger partial charge in [-0.1, -0.05) is 73.3 Å². The third kappa shape index (κ3) is 5.31. The number of fused-ring (bicyclic) bond motifs is 7. The third-order valence-corrected chi connectivity index (χ3v) is 15.3. The van der Waals surface area contributed by atoms with Crippen LogP contribution in [0.1, 0.15) is 132 Å². The van der Waals surface area contributed by atoms with E-state index in [-0.39, 0.29) is 65.1 Å². The molecular weight excluding hydrogens is 576 g/mol. The van der Waals surface area contributed by atoms with Crippen LogP contribution >= 0.6 is 0 Å². The highest BCUT2D eigenvalue weighted by atomic mass is 16.5. The number of hydrogen-bond donors (Lipinski definition) is 1. The summed E-state index contributed by atoms with van der Waals surface area (Å²) in [7, 11) is 0. The summed E-state index contributed by atoms with van der Waals surface area (Å²) in [5, 5.41) is 10.7. The summed E-state index contributed by atoms with van der Waals surface area (Å²) in [6, 6.07) is 0. The quantitative estimate of drug-likeness (QED) is 0.200. The maximum Gasteiger partial charge on any atom is 0.309 e. The molecule has 0 saturated heterocycles. The Morgan fingerprint density at radius 1 is 0.848 bits per heavy atom. The van der Waals surface area contributed by atoms with E-state index in [0.29, 0.717) is 23.7 Å². The van der Waals surface area contributed by atoms with Gasteiger partial charge < -0.3 is 14.6 Å². The van der Waals surface area contributed by atoms with Crippen LogP contribution in [0, 0.1) is 62.1 Å². The molecule has 0 spiro atoms. The van der Waals surface area contributed by atoms with E-state index in [0.717, 1.165) is 64.2 Å². The highest BCUT2D eigenvalue weighted by Crippen LogP contribution is 2.77. The van der Waals surface area contributed by atoms with Crippen LogP contribution in [0.15, 0.2) is 24.8 Å². The highest BCUT2D eigenvalue weighted by Gasteiger charge is 2.72. The number of esters is 2. The van der Waals surface area contributed by atoms with E-state index in [9.17, 15) is 19.5 Å². The molecule has 6 nitrogen and oxygen atoms in total. The van der Waals surface area contributed by atoms with Crippen LogP contribution in [-0.2, 0) is 23.9 Å². The molecule has 0 aromatic heterocycles. The molecule has 5 aliphatic carbocycles. The molecule has 258 valence electrons. The molecule has 10 atom stereocenters. The Hall–Kier alpha value is -2.11. The van der Waals surface area contributed by atoms with E-state index < -0.39 is 16.8 Å². The van der Waals surface area contributed by atoms with Crippen molar-refractivity contribution in [3.8, 4) is 0 Å². The number of carboxylic acids is 1. The van der Waals surface area contributed by atoms with E-state index in [2.05, 4.69) is 54.7 Å². The molecule has 5 rings (SSSR count). The first-order valence-corrected chi connectivity index (χ1v) is 18.1. The number of allylic oxidation sites excluding steroid dienone is 1. The van der Waals surface area contributed by atoms with Crippen molar-refractivity contribution in [2.24, 2.45) is 62.1 Å². The fourth-order valence-corrected chi connectivity index (χ4v) is 12.9. The largest absolute Gasteiger partial charge is 0.481 e. The smallest absolute Gasteiger partial charge is 0.309 e. The number of carboxylic acid groups (broad SMARTS) is 1. The topological polar surface area (TPSA) is 89.9 Å². The minimum absolute atomic E-state index is 0.0947. The molecule has 4 unspecified atom stereocenters. The van der Waals surface area contributed by atoms with Crippen molar-refractivity contribution >= 4 is 17.9 Å². The second-order valence-corrected chi connectivity index (χ2v) is 18.5. The molecule has 5 fully saturated rings. The summed E-state index contributed by atoms with van der Waals surface area (Å²) in [5.74, 6) is 0.757. The Morgan fingerprint density at radius 2 is 1.52 bits per heavy atom. The van der Waals surface area contributed by atoms with Gasteiger partial charge in [-0.25, -0.2) is 0 Å². The van der Waals surface area contributed by atoms with Crippen molar-refractivity contribution in [1.82, 2.24) is 0 Å². The molecule has 5 saturated carbocycles. The van der Waals surface area contributed by atoms with Gasteiger partial charge in [-0.2, -0.15) is 0 Å². The predicted molar refractivity (Wildman–Crippen MR) is 181 cm³/mol. The van der Waals surface area contributed by atoms with E-state index in [1.165, 1.54) is 5.57 Å². The summed E-state index contributed by atoms with van der Waals surface area (Å²) in [5.41, 5.74) is 0.218. The maximum absolute atomic E-state index is 13.3. The number of ether oxygens (including phenoxy) is 2. The zero-order valence-corrected chi connectivity index (χ0v) is 30.1. The van der Waals surface area contributed by atoms with Crippen molar-refractivity contribution in [2.45, 2.75) is 139 Å². The van der Waals surface area contributed by atoms with Crippen LogP contribution < -0.4 is 0 Å². The molecule has 0 aromatic carbocycles. The molecule has 0 amide bonds. The average molecular weight is 639 g/mol. The minimum Gasteiger partial charge on any atom is -0.481 e. The van der Waals surface area contributed by atoms with E-state index in [1.54, 1.807) is 6.08 Å². The normalized spacial score (nSPS) is 42.8. The van der Waals surface area contributed by atoms with Crippen molar-refractivity contribution in [1.29, 1.82) is 0 Å².